The molecule has 4 aromatic rings. The Kier molecular flexibility index (Phi) is 7.68. The van der Waals surface area contributed by atoms with Crippen molar-refractivity contribution in [3.05, 3.63) is 131 Å². The van der Waals surface area contributed by atoms with Gasteiger partial charge in [0.2, 0.25) is 5.91 Å². The number of hydrogen-bond donors (Lipinski definition) is 1. The summed E-state index contributed by atoms with van der Waals surface area (Å²) >= 11 is 0. The van der Waals surface area contributed by atoms with Crippen molar-refractivity contribution in [1.29, 1.82) is 0 Å². The molecule has 5 heteroatoms. The number of amides is 2. The molecule has 1 heterocycles. The van der Waals surface area contributed by atoms with Gasteiger partial charge < -0.3 is 10.2 Å². The van der Waals surface area contributed by atoms with E-state index >= 15 is 0 Å². The van der Waals surface area contributed by atoms with E-state index in [1.54, 1.807) is 17.3 Å². The first-order valence-electron chi connectivity index (χ1n) is 11.7. The third-order valence-electron chi connectivity index (χ3n) is 5.79. The van der Waals surface area contributed by atoms with Crippen LogP contribution in [0.25, 0.3) is 0 Å². The van der Waals surface area contributed by atoms with Crippen molar-refractivity contribution in [3.63, 3.8) is 0 Å². The summed E-state index contributed by atoms with van der Waals surface area (Å²) in [5.41, 5.74) is 6.59. The first kappa shape index (κ1) is 23.9. The van der Waals surface area contributed by atoms with Gasteiger partial charge in [-0.2, -0.15) is 0 Å². The lowest BCUT2D eigenvalue weighted by Gasteiger charge is -2.24. The van der Waals surface area contributed by atoms with Gasteiger partial charge in [-0.3, -0.25) is 14.6 Å². The highest BCUT2D eigenvalue weighted by atomic mass is 16.2. The molecule has 0 spiro atoms. The molecule has 4 rings (SSSR count). The van der Waals surface area contributed by atoms with Gasteiger partial charge in [0.1, 0.15) is 0 Å². The molecule has 3 aromatic carbocycles. The fraction of sp³-hybridized carbons (Fsp3) is 0.167. The zero-order chi connectivity index (χ0) is 24.6. The van der Waals surface area contributed by atoms with Gasteiger partial charge in [-0.05, 0) is 60.9 Å². The zero-order valence-corrected chi connectivity index (χ0v) is 20.1. The summed E-state index contributed by atoms with van der Waals surface area (Å²) in [6.07, 6.45) is 3.71. The lowest BCUT2D eigenvalue weighted by Crippen LogP contribution is -2.30. The number of carbonyl (C=O) groups is 2. The van der Waals surface area contributed by atoms with Gasteiger partial charge in [0.25, 0.3) is 5.91 Å². The van der Waals surface area contributed by atoms with Crippen LogP contribution in [0.15, 0.2) is 97.3 Å². The molecule has 0 radical (unpaired) electrons. The molecule has 0 fully saturated rings. The van der Waals surface area contributed by atoms with Crippen molar-refractivity contribution in [2.45, 2.75) is 33.4 Å². The lowest BCUT2D eigenvalue weighted by molar-refractivity contribution is -0.120. The monoisotopic (exact) mass is 463 g/mol. The average molecular weight is 464 g/mol. The van der Waals surface area contributed by atoms with Crippen LogP contribution in [-0.4, -0.2) is 16.8 Å². The van der Waals surface area contributed by atoms with Gasteiger partial charge in [-0.15, -0.1) is 0 Å². The van der Waals surface area contributed by atoms with Gasteiger partial charge in [0.15, 0.2) is 0 Å². The Hall–Kier alpha value is -4.25. The Morgan fingerprint density at radius 2 is 1.54 bits per heavy atom. The molecule has 0 saturated carbocycles. The number of carbonyl (C=O) groups excluding carboxylic acids is 2. The first-order chi connectivity index (χ1) is 17.0. The van der Waals surface area contributed by atoms with Gasteiger partial charge in [0.05, 0.1) is 13.0 Å². The summed E-state index contributed by atoms with van der Waals surface area (Å²) in [5.74, 6) is -0.123. The molecule has 0 aliphatic carbocycles. The minimum atomic E-state index is -0.0616. The average Bonchev–Trinajstić information content (AvgIpc) is 2.87. The highest BCUT2D eigenvalue weighted by Gasteiger charge is 2.18. The SMILES string of the molecule is Cc1ccc(C(=O)N(Cc2cccc(C)c2)c2ccc(CC(=O)NCc3cccnc3)cc2)cc1. The van der Waals surface area contributed by atoms with Crippen molar-refractivity contribution in [2.24, 2.45) is 0 Å². The van der Waals surface area contributed by atoms with E-state index in [1.165, 1.54) is 0 Å². The molecule has 0 atom stereocenters. The van der Waals surface area contributed by atoms with Crippen molar-refractivity contribution in [2.75, 3.05) is 4.90 Å². The number of rotatable bonds is 8. The number of anilines is 1. The van der Waals surface area contributed by atoms with Crippen molar-refractivity contribution in [3.8, 4) is 0 Å². The van der Waals surface area contributed by atoms with E-state index in [9.17, 15) is 9.59 Å². The fourth-order valence-corrected chi connectivity index (χ4v) is 3.87. The smallest absolute Gasteiger partial charge is 0.258 e. The summed E-state index contributed by atoms with van der Waals surface area (Å²) < 4.78 is 0. The summed E-state index contributed by atoms with van der Waals surface area (Å²) in [6, 6.07) is 27.2. The van der Waals surface area contributed by atoms with Crippen LogP contribution in [0.3, 0.4) is 0 Å². The second kappa shape index (κ2) is 11.3. The zero-order valence-electron chi connectivity index (χ0n) is 20.1. The topological polar surface area (TPSA) is 62.3 Å². The van der Waals surface area contributed by atoms with Crippen LogP contribution in [-0.2, 0) is 24.3 Å². The Morgan fingerprint density at radius 3 is 2.23 bits per heavy atom. The number of hydrogen-bond acceptors (Lipinski definition) is 3. The Morgan fingerprint density at radius 1 is 0.800 bits per heavy atom. The highest BCUT2D eigenvalue weighted by molar-refractivity contribution is 6.06. The second-order valence-electron chi connectivity index (χ2n) is 8.73. The molecule has 0 aliphatic rings. The van der Waals surface area contributed by atoms with Gasteiger partial charge in [-0.1, -0.05) is 65.7 Å². The third kappa shape index (κ3) is 6.64. The quantitative estimate of drug-likeness (QED) is 0.380. The normalized spacial score (nSPS) is 10.6. The van der Waals surface area contributed by atoms with Crippen LogP contribution in [0.2, 0.25) is 0 Å². The Balaban J connectivity index is 1.49. The van der Waals surface area contributed by atoms with Crippen molar-refractivity contribution < 1.29 is 9.59 Å². The van der Waals surface area contributed by atoms with E-state index in [4.69, 9.17) is 0 Å². The number of benzene rings is 3. The second-order valence-corrected chi connectivity index (χ2v) is 8.73. The number of nitrogens with one attached hydrogen (secondary N) is 1. The predicted molar refractivity (Wildman–Crippen MR) is 139 cm³/mol. The maximum atomic E-state index is 13.5. The van der Waals surface area contributed by atoms with Crippen LogP contribution < -0.4 is 10.2 Å². The van der Waals surface area contributed by atoms with Crippen molar-refractivity contribution >= 4 is 17.5 Å². The molecule has 0 bridgehead atoms. The van der Waals surface area contributed by atoms with Crippen LogP contribution in [0.1, 0.15) is 38.2 Å². The molecular weight excluding hydrogens is 434 g/mol. The molecule has 0 saturated heterocycles. The maximum Gasteiger partial charge on any atom is 0.258 e. The molecule has 0 aliphatic heterocycles. The van der Waals surface area contributed by atoms with E-state index in [0.717, 1.165) is 33.5 Å². The van der Waals surface area contributed by atoms with Crippen molar-refractivity contribution in [1.82, 2.24) is 10.3 Å². The van der Waals surface area contributed by atoms with Gasteiger partial charge in [-0.25, -0.2) is 0 Å². The van der Waals surface area contributed by atoms with Crippen LogP contribution in [0.5, 0.6) is 0 Å². The van der Waals surface area contributed by atoms with E-state index in [-0.39, 0.29) is 18.2 Å². The summed E-state index contributed by atoms with van der Waals surface area (Å²) in [4.78, 5) is 31.7. The third-order valence-corrected chi connectivity index (χ3v) is 5.79. The predicted octanol–water partition coefficient (Wildman–Crippen LogP) is 5.40. The molecular formula is C30H29N3O2. The minimum Gasteiger partial charge on any atom is -0.352 e. The largest absolute Gasteiger partial charge is 0.352 e. The Labute approximate surface area is 206 Å². The molecule has 1 N–H and O–H groups in total. The van der Waals surface area contributed by atoms with Crippen LogP contribution in [0, 0.1) is 13.8 Å². The molecule has 35 heavy (non-hydrogen) atoms. The first-order valence-corrected chi connectivity index (χ1v) is 11.7. The van der Waals surface area contributed by atoms with Gasteiger partial charge in [0, 0.05) is 30.2 Å². The highest BCUT2D eigenvalue weighted by Crippen LogP contribution is 2.22. The van der Waals surface area contributed by atoms with E-state index in [2.05, 4.69) is 16.4 Å². The van der Waals surface area contributed by atoms with E-state index < -0.39 is 0 Å². The van der Waals surface area contributed by atoms with Crippen LogP contribution >= 0.6 is 0 Å². The minimum absolute atomic E-state index is 0.0612. The van der Waals surface area contributed by atoms with Gasteiger partial charge >= 0.3 is 0 Å². The van der Waals surface area contributed by atoms with E-state index in [1.807, 2.05) is 92.7 Å². The molecule has 2 amide bonds. The molecule has 5 nitrogen and oxygen atoms in total. The number of aryl methyl sites for hydroxylation is 2. The number of aromatic nitrogens is 1. The lowest BCUT2D eigenvalue weighted by atomic mass is 10.1. The summed E-state index contributed by atoms with van der Waals surface area (Å²) in [5, 5.41) is 2.92. The number of nitrogens with zero attached hydrogens (tertiary/aromatic N) is 2. The summed E-state index contributed by atoms with van der Waals surface area (Å²) in [6.45, 7) is 4.95. The van der Waals surface area contributed by atoms with Crippen LogP contribution in [0.4, 0.5) is 5.69 Å². The number of pyridine rings is 1. The van der Waals surface area contributed by atoms with E-state index in [0.29, 0.717) is 18.7 Å². The molecule has 1 aromatic heterocycles. The fourth-order valence-electron chi connectivity index (χ4n) is 3.87. The molecule has 0 unspecified atom stereocenters. The summed E-state index contributed by atoms with van der Waals surface area (Å²) in [7, 11) is 0. The molecule has 176 valence electrons. The maximum absolute atomic E-state index is 13.5. The standard InChI is InChI=1S/C30H29N3O2/c1-22-8-12-27(13-9-22)30(35)33(21-25-6-3-5-23(2)17-25)28-14-10-24(11-15-28)18-29(34)32-20-26-7-4-16-31-19-26/h3-17,19H,18,20-21H2,1-2H3,(H,32,34). The Bertz CT molecular complexity index is 1280.